The molecule has 86 valence electrons. The lowest BCUT2D eigenvalue weighted by molar-refractivity contribution is 0.0959. The van der Waals surface area contributed by atoms with Gasteiger partial charge in [0.05, 0.1) is 12.2 Å². The molecule has 1 aliphatic rings. The standard InChI is InChI=1S/C12H16N2O2/c1-14-12(15)10-6-9(13)4-5-11(10)16-7-8-2-3-8/h4-6,8H,2-3,7,13H2,1H3,(H,14,15). The first-order valence-corrected chi connectivity index (χ1v) is 5.45. The molecular weight excluding hydrogens is 204 g/mol. The lowest BCUT2D eigenvalue weighted by atomic mass is 10.1. The van der Waals surface area contributed by atoms with E-state index in [1.165, 1.54) is 12.8 Å². The van der Waals surface area contributed by atoms with Gasteiger partial charge in [0.2, 0.25) is 0 Å². The minimum atomic E-state index is -0.168. The van der Waals surface area contributed by atoms with Crippen LogP contribution in [-0.4, -0.2) is 19.6 Å². The van der Waals surface area contributed by atoms with Gasteiger partial charge in [0, 0.05) is 12.7 Å². The molecule has 0 heterocycles. The van der Waals surface area contributed by atoms with E-state index in [1.807, 2.05) is 0 Å². The molecule has 16 heavy (non-hydrogen) atoms. The summed E-state index contributed by atoms with van der Waals surface area (Å²) in [6.07, 6.45) is 2.45. The molecule has 0 bridgehead atoms. The highest BCUT2D eigenvalue weighted by Gasteiger charge is 2.23. The van der Waals surface area contributed by atoms with Crippen molar-refractivity contribution < 1.29 is 9.53 Å². The van der Waals surface area contributed by atoms with Crippen LogP contribution in [0.1, 0.15) is 23.2 Å². The molecule has 1 aliphatic carbocycles. The Balaban J connectivity index is 2.16. The molecule has 0 radical (unpaired) electrons. The lowest BCUT2D eigenvalue weighted by Crippen LogP contribution is -2.19. The Hall–Kier alpha value is -1.71. The van der Waals surface area contributed by atoms with Crippen LogP contribution in [-0.2, 0) is 0 Å². The number of ether oxygens (including phenoxy) is 1. The second kappa shape index (κ2) is 4.43. The predicted octanol–water partition coefficient (Wildman–Crippen LogP) is 1.42. The van der Waals surface area contributed by atoms with Gasteiger partial charge >= 0.3 is 0 Å². The number of rotatable bonds is 4. The van der Waals surface area contributed by atoms with Crippen molar-refractivity contribution in [3.63, 3.8) is 0 Å². The Kier molecular flexibility index (Phi) is 2.99. The molecule has 0 aromatic heterocycles. The van der Waals surface area contributed by atoms with Crippen molar-refractivity contribution in [2.75, 3.05) is 19.4 Å². The van der Waals surface area contributed by atoms with Gasteiger partial charge in [-0.1, -0.05) is 0 Å². The number of nitrogens with one attached hydrogen (secondary N) is 1. The average molecular weight is 220 g/mol. The van der Waals surface area contributed by atoms with E-state index in [1.54, 1.807) is 25.2 Å². The fraction of sp³-hybridized carbons (Fsp3) is 0.417. The Morgan fingerprint density at radius 3 is 2.94 bits per heavy atom. The molecule has 4 heteroatoms. The molecule has 0 spiro atoms. The van der Waals surface area contributed by atoms with Gasteiger partial charge in [0.1, 0.15) is 5.75 Å². The van der Waals surface area contributed by atoms with E-state index in [2.05, 4.69) is 5.32 Å². The number of nitrogen functional groups attached to an aromatic ring is 1. The summed E-state index contributed by atoms with van der Waals surface area (Å²) >= 11 is 0. The third-order valence-electron chi connectivity index (χ3n) is 2.65. The number of benzene rings is 1. The molecule has 1 fully saturated rings. The highest BCUT2D eigenvalue weighted by molar-refractivity contribution is 5.97. The van der Waals surface area contributed by atoms with Crippen LogP contribution in [0.25, 0.3) is 0 Å². The highest BCUT2D eigenvalue weighted by atomic mass is 16.5. The zero-order chi connectivity index (χ0) is 11.5. The van der Waals surface area contributed by atoms with E-state index in [4.69, 9.17) is 10.5 Å². The SMILES string of the molecule is CNC(=O)c1cc(N)ccc1OCC1CC1. The first-order valence-electron chi connectivity index (χ1n) is 5.45. The highest BCUT2D eigenvalue weighted by Crippen LogP contribution is 2.30. The maximum atomic E-state index is 11.6. The predicted molar refractivity (Wildman–Crippen MR) is 62.5 cm³/mol. The zero-order valence-electron chi connectivity index (χ0n) is 9.32. The Morgan fingerprint density at radius 2 is 2.31 bits per heavy atom. The Labute approximate surface area is 94.8 Å². The third kappa shape index (κ3) is 2.45. The third-order valence-corrected chi connectivity index (χ3v) is 2.65. The summed E-state index contributed by atoms with van der Waals surface area (Å²) in [6, 6.07) is 5.14. The van der Waals surface area contributed by atoms with Crippen molar-refractivity contribution >= 4 is 11.6 Å². The minimum Gasteiger partial charge on any atom is -0.492 e. The van der Waals surface area contributed by atoms with Crippen molar-refractivity contribution in [1.82, 2.24) is 5.32 Å². The molecular formula is C12H16N2O2. The fourth-order valence-corrected chi connectivity index (χ4v) is 1.48. The Morgan fingerprint density at radius 1 is 1.56 bits per heavy atom. The van der Waals surface area contributed by atoms with Crippen molar-refractivity contribution in [3.05, 3.63) is 23.8 Å². The lowest BCUT2D eigenvalue weighted by Gasteiger charge is -2.10. The first-order chi connectivity index (χ1) is 7.70. The number of amides is 1. The first kappa shape index (κ1) is 10.8. The van der Waals surface area contributed by atoms with Gasteiger partial charge in [0.25, 0.3) is 5.91 Å². The molecule has 0 unspecified atom stereocenters. The van der Waals surface area contributed by atoms with Crippen LogP contribution in [0.2, 0.25) is 0 Å². The van der Waals surface area contributed by atoms with Crippen molar-refractivity contribution in [2.45, 2.75) is 12.8 Å². The monoisotopic (exact) mass is 220 g/mol. The van der Waals surface area contributed by atoms with Gasteiger partial charge in [0.15, 0.2) is 0 Å². The second-order valence-electron chi connectivity index (χ2n) is 4.09. The van der Waals surface area contributed by atoms with Gasteiger partial charge in [-0.2, -0.15) is 0 Å². The van der Waals surface area contributed by atoms with E-state index < -0.39 is 0 Å². The van der Waals surface area contributed by atoms with Gasteiger partial charge in [-0.15, -0.1) is 0 Å². The maximum absolute atomic E-state index is 11.6. The second-order valence-corrected chi connectivity index (χ2v) is 4.09. The van der Waals surface area contributed by atoms with Crippen LogP contribution < -0.4 is 15.8 Å². The van der Waals surface area contributed by atoms with Crippen LogP contribution in [0, 0.1) is 5.92 Å². The van der Waals surface area contributed by atoms with E-state index in [0.29, 0.717) is 29.5 Å². The van der Waals surface area contributed by atoms with Crippen molar-refractivity contribution in [2.24, 2.45) is 5.92 Å². The summed E-state index contributed by atoms with van der Waals surface area (Å²) in [7, 11) is 1.59. The summed E-state index contributed by atoms with van der Waals surface area (Å²) in [6.45, 7) is 0.688. The van der Waals surface area contributed by atoms with Gasteiger partial charge in [-0.05, 0) is 37.0 Å². The Bertz CT molecular complexity index is 400. The minimum absolute atomic E-state index is 0.168. The van der Waals surface area contributed by atoms with Crippen LogP contribution in [0.5, 0.6) is 5.75 Å². The summed E-state index contributed by atoms with van der Waals surface area (Å²) in [5.74, 6) is 1.11. The van der Waals surface area contributed by atoms with Gasteiger partial charge < -0.3 is 15.8 Å². The molecule has 1 saturated carbocycles. The summed E-state index contributed by atoms with van der Waals surface area (Å²) in [5.41, 5.74) is 6.72. The number of carbonyl (C=O) groups is 1. The fourth-order valence-electron chi connectivity index (χ4n) is 1.48. The van der Waals surface area contributed by atoms with E-state index in [0.717, 1.165) is 0 Å². The van der Waals surface area contributed by atoms with Gasteiger partial charge in [-0.25, -0.2) is 0 Å². The van der Waals surface area contributed by atoms with Gasteiger partial charge in [-0.3, -0.25) is 4.79 Å². The van der Waals surface area contributed by atoms with Crippen LogP contribution >= 0.6 is 0 Å². The smallest absolute Gasteiger partial charge is 0.254 e. The molecule has 4 nitrogen and oxygen atoms in total. The van der Waals surface area contributed by atoms with E-state index >= 15 is 0 Å². The van der Waals surface area contributed by atoms with Crippen LogP contribution in [0.4, 0.5) is 5.69 Å². The average Bonchev–Trinajstić information content (AvgIpc) is 3.10. The topological polar surface area (TPSA) is 64.4 Å². The molecule has 0 atom stereocenters. The van der Waals surface area contributed by atoms with Crippen LogP contribution in [0.3, 0.4) is 0 Å². The van der Waals surface area contributed by atoms with Crippen LogP contribution in [0.15, 0.2) is 18.2 Å². The number of anilines is 1. The van der Waals surface area contributed by atoms with E-state index in [-0.39, 0.29) is 5.91 Å². The molecule has 1 amide bonds. The summed E-state index contributed by atoms with van der Waals surface area (Å²) < 4.78 is 5.62. The summed E-state index contributed by atoms with van der Waals surface area (Å²) in [5, 5.41) is 2.58. The quantitative estimate of drug-likeness (QED) is 0.754. The van der Waals surface area contributed by atoms with Crippen molar-refractivity contribution in [3.8, 4) is 5.75 Å². The zero-order valence-corrected chi connectivity index (χ0v) is 9.32. The molecule has 3 N–H and O–H groups in total. The molecule has 1 aromatic carbocycles. The number of carbonyl (C=O) groups excluding carboxylic acids is 1. The molecule has 1 aromatic rings. The van der Waals surface area contributed by atoms with E-state index in [9.17, 15) is 4.79 Å². The summed E-state index contributed by atoms with van der Waals surface area (Å²) in [4.78, 5) is 11.6. The molecule has 0 aliphatic heterocycles. The number of nitrogens with two attached hydrogens (primary N) is 1. The normalized spacial score (nSPS) is 14.6. The number of hydrogen-bond acceptors (Lipinski definition) is 3. The van der Waals surface area contributed by atoms with Crippen molar-refractivity contribution in [1.29, 1.82) is 0 Å². The largest absolute Gasteiger partial charge is 0.492 e. The number of hydrogen-bond donors (Lipinski definition) is 2. The molecule has 2 rings (SSSR count). The molecule has 0 saturated heterocycles. The maximum Gasteiger partial charge on any atom is 0.254 e.